The molecule has 1 heterocycles. The third kappa shape index (κ3) is 3.46. The van der Waals surface area contributed by atoms with Crippen LogP contribution in [0.2, 0.25) is 0 Å². The Labute approximate surface area is 118 Å². The number of hydrogen-bond donors (Lipinski definition) is 1. The van der Waals surface area contributed by atoms with Gasteiger partial charge in [0.15, 0.2) is 0 Å². The number of piperidine rings is 1. The molecule has 2 unspecified atom stereocenters. The molecule has 20 heavy (non-hydrogen) atoms. The average Bonchev–Trinajstić information content (AvgIpc) is 2.48. The second-order valence-electron chi connectivity index (χ2n) is 5.18. The lowest BCUT2D eigenvalue weighted by atomic mass is 9.97. The molecule has 1 aromatic rings. The van der Waals surface area contributed by atoms with Crippen molar-refractivity contribution in [3.05, 3.63) is 41.5 Å². The summed E-state index contributed by atoms with van der Waals surface area (Å²) >= 11 is 0. The van der Waals surface area contributed by atoms with Crippen molar-refractivity contribution < 1.29 is 9.90 Å². The third-order valence-electron chi connectivity index (χ3n) is 3.63. The van der Waals surface area contributed by atoms with E-state index >= 15 is 0 Å². The van der Waals surface area contributed by atoms with Gasteiger partial charge >= 0.3 is 0 Å². The van der Waals surface area contributed by atoms with Crippen molar-refractivity contribution >= 4 is 12.0 Å². The Bertz CT molecular complexity index is 543. The van der Waals surface area contributed by atoms with Crippen molar-refractivity contribution in [1.29, 1.82) is 5.26 Å². The standard InChI is InChI=1S/C16H18N2O2/c1-12-11-18(9-8-15(12)19)16(20)7-6-13-2-4-14(10-17)5-3-13/h2-7,12,15,19H,8-9,11H2,1H3/b7-6+. The fraction of sp³-hybridized carbons (Fsp3) is 0.375. The van der Waals surface area contributed by atoms with E-state index in [0.29, 0.717) is 25.1 Å². The number of aliphatic hydroxyl groups excluding tert-OH is 1. The number of carbonyl (C=O) groups is 1. The lowest BCUT2D eigenvalue weighted by Gasteiger charge is -2.33. The number of rotatable bonds is 2. The second-order valence-corrected chi connectivity index (χ2v) is 5.18. The Balaban J connectivity index is 1.96. The first-order valence-corrected chi connectivity index (χ1v) is 6.75. The summed E-state index contributed by atoms with van der Waals surface area (Å²) in [6, 6.07) is 9.13. The average molecular weight is 270 g/mol. The molecule has 2 atom stereocenters. The smallest absolute Gasteiger partial charge is 0.246 e. The highest BCUT2D eigenvalue weighted by atomic mass is 16.3. The lowest BCUT2D eigenvalue weighted by molar-refractivity contribution is -0.129. The SMILES string of the molecule is CC1CN(C(=O)/C=C/c2ccc(C#N)cc2)CCC1O. The first-order valence-electron chi connectivity index (χ1n) is 6.75. The quantitative estimate of drug-likeness (QED) is 0.833. The minimum absolute atomic E-state index is 0.0342. The van der Waals surface area contributed by atoms with Crippen molar-refractivity contribution in [2.24, 2.45) is 5.92 Å². The molecular formula is C16H18N2O2. The van der Waals surface area contributed by atoms with Crippen LogP contribution in [-0.4, -0.2) is 35.1 Å². The van der Waals surface area contributed by atoms with Crippen LogP contribution in [0, 0.1) is 17.2 Å². The normalized spacial score (nSPS) is 22.8. The van der Waals surface area contributed by atoms with Crippen LogP contribution in [0.15, 0.2) is 30.3 Å². The van der Waals surface area contributed by atoms with E-state index in [0.717, 1.165) is 5.56 Å². The zero-order valence-corrected chi connectivity index (χ0v) is 11.5. The minimum Gasteiger partial charge on any atom is -0.393 e. The molecule has 2 rings (SSSR count). The first kappa shape index (κ1) is 14.3. The molecule has 0 bridgehead atoms. The highest BCUT2D eigenvalue weighted by molar-refractivity contribution is 5.91. The molecule has 1 fully saturated rings. The number of likely N-dealkylation sites (tertiary alicyclic amines) is 1. The Hall–Kier alpha value is -2.12. The van der Waals surface area contributed by atoms with Crippen molar-refractivity contribution in [3.8, 4) is 6.07 Å². The van der Waals surface area contributed by atoms with Crippen LogP contribution in [0.5, 0.6) is 0 Å². The van der Waals surface area contributed by atoms with Gasteiger partial charge in [-0.2, -0.15) is 5.26 Å². The van der Waals surface area contributed by atoms with Gasteiger partial charge in [-0.05, 0) is 36.1 Å². The van der Waals surface area contributed by atoms with Crippen molar-refractivity contribution in [3.63, 3.8) is 0 Å². The van der Waals surface area contributed by atoms with Gasteiger partial charge < -0.3 is 10.0 Å². The van der Waals surface area contributed by atoms with Crippen LogP contribution in [0.1, 0.15) is 24.5 Å². The highest BCUT2D eigenvalue weighted by Gasteiger charge is 2.25. The molecule has 0 radical (unpaired) electrons. The number of amides is 1. The van der Waals surface area contributed by atoms with Crippen molar-refractivity contribution in [2.45, 2.75) is 19.4 Å². The van der Waals surface area contributed by atoms with Crippen LogP contribution in [0.25, 0.3) is 6.08 Å². The van der Waals surface area contributed by atoms with Gasteiger partial charge in [0, 0.05) is 19.2 Å². The number of nitriles is 1. The van der Waals surface area contributed by atoms with Crippen molar-refractivity contribution in [2.75, 3.05) is 13.1 Å². The van der Waals surface area contributed by atoms with Gasteiger partial charge in [0.05, 0.1) is 17.7 Å². The summed E-state index contributed by atoms with van der Waals surface area (Å²) in [6.45, 7) is 3.15. The fourth-order valence-corrected chi connectivity index (χ4v) is 2.28. The van der Waals surface area contributed by atoms with Crippen LogP contribution < -0.4 is 0 Å². The molecule has 0 spiro atoms. The summed E-state index contributed by atoms with van der Waals surface area (Å²) in [5.74, 6) is 0.0871. The molecule has 0 aromatic heterocycles. The molecule has 1 aliphatic heterocycles. The van der Waals surface area contributed by atoms with E-state index in [9.17, 15) is 9.90 Å². The fourth-order valence-electron chi connectivity index (χ4n) is 2.28. The molecule has 4 nitrogen and oxygen atoms in total. The van der Waals surface area contributed by atoms with E-state index in [4.69, 9.17) is 5.26 Å². The summed E-state index contributed by atoms with van der Waals surface area (Å²) in [6.07, 6.45) is 3.63. The van der Waals surface area contributed by atoms with Gasteiger partial charge in [-0.15, -0.1) is 0 Å². The molecule has 1 N–H and O–H groups in total. The van der Waals surface area contributed by atoms with Gasteiger partial charge in [0.1, 0.15) is 0 Å². The maximum atomic E-state index is 12.1. The van der Waals surface area contributed by atoms with Gasteiger partial charge in [-0.3, -0.25) is 4.79 Å². The van der Waals surface area contributed by atoms with E-state index in [-0.39, 0.29) is 17.9 Å². The predicted molar refractivity (Wildman–Crippen MR) is 76.6 cm³/mol. The second kappa shape index (κ2) is 6.36. The number of aliphatic hydroxyl groups is 1. The van der Waals surface area contributed by atoms with E-state index in [1.807, 2.05) is 19.1 Å². The van der Waals surface area contributed by atoms with E-state index in [1.54, 1.807) is 29.2 Å². The van der Waals surface area contributed by atoms with E-state index in [1.165, 1.54) is 0 Å². The Morgan fingerprint density at radius 1 is 1.45 bits per heavy atom. The molecule has 4 heteroatoms. The summed E-state index contributed by atoms with van der Waals surface area (Å²) in [5.41, 5.74) is 1.50. The maximum absolute atomic E-state index is 12.1. The number of hydrogen-bond acceptors (Lipinski definition) is 3. The minimum atomic E-state index is -0.304. The summed E-state index contributed by atoms with van der Waals surface area (Å²) in [5, 5.41) is 18.4. The van der Waals surface area contributed by atoms with Gasteiger partial charge in [-0.1, -0.05) is 19.1 Å². The van der Waals surface area contributed by atoms with E-state index in [2.05, 4.69) is 6.07 Å². The zero-order chi connectivity index (χ0) is 14.5. The monoisotopic (exact) mass is 270 g/mol. The van der Waals surface area contributed by atoms with Crippen molar-refractivity contribution in [1.82, 2.24) is 4.90 Å². The number of benzene rings is 1. The summed E-state index contributed by atoms with van der Waals surface area (Å²) in [7, 11) is 0. The van der Waals surface area contributed by atoms with Crippen LogP contribution in [0.4, 0.5) is 0 Å². The van der Waals surface area contributed by atoms with Crippen LogP contribution >= 0.6 is 0 Å². The third-order valence-corrected chi connectivity index (χ3v) is 3.63. The largest absolute Gasteiger partial charge is 0.393 e. The summed E-state index contributed by atoms with van der Waals surface area (Å²) < 4.78 is 0. The number of nitrogens with zero attached hydrogens (tertiary/aromatic N) is 2. The molecule has 1 aromatic carbocycles. The zero-order valence-electron chi connectivity index (χ0n) is 11.5. The van der Waals surface area contributed by atoms with E-state index < -0.39 is 0 Å². The van der Waals surface area contributed by atoms with Gasteiger partial charge in [-0.25, -0.2) is 0 Å². The molecule has 104 valence electrons. The lowest BCUT2D eigenvalue weighted by Crippen LogP contribution is -2.44. The summed E-state index contributed by atoms with van der Waals surface area (Å²) in [4.78, 5) is 13.8. The molecule has 1 amide bonds. The predicted octanol–water partition coefficient (Wildman–Crippen LogP) is 1.80. The Kier molecular flexibility index (Phi) is 4.54. The topological polar surface area (TPSA) is 64.3 Å². The van der Waals surface area contributed by atoms with Crippen LogP contribution in [0.3, 0.4) is 0 Å². The first-order chi connectivity index (χ1) is 9.60. The Morgan fingerprint density at radius 2 is 2.15 bits per heavy atom. The molecule has 1 aliphatic rings. The molecule has 0 saturated carbocycles. The highest BCUT2D eigenvalue weighted by Crippen LogP contribution is 2.17. The maximum Gasteiger partial charge on any atom is 0.246 e. The number of carbonyl (C=O) groups excluding carboxylic acids is 1. The molecule has 0 aliphatic carbocycles. The van der Waals surface area contributed by atoms with Gasteiger partial charge in [0.2, 0.25) is 5.91 Å². The van der Waals surface area contributed by atoms with Crippen LogP contribution in [-0.2, 0) is 4.79 Å². The van der Waals surface area contributed by atoms with Gasteiger partial charge in [0.25, 0.3) is 0 Å². The molecular weight excluding hydrogens is 252 g/mol. The molecule has 1 saturated heterocycles. The Morgan fingerprint density at radius 3 is 2.75 bits per heavy atom.